The minimum atomic E-state index is -0.218. The fraction of sp³-hybridized carbons (Fsp3) is 0.200. The second kappa shape index (κ2) is 8.13. The maximum atomic E-state index is 13.2. The summed E-state index contributed by atoms with van der Waals surface area (Å²) in [6.07, 6.45) is 2.57. The van der Waals surface area contributed by atoms with E-state index in [1.807, 2.05) is 48.5 Å². The van der Waals surface area contributed by atoms with Crippen LogP contribution >= 0.6 is 11.6 Å². The highest BCUT2D eigenvalue weighted by atomic mass is 35.5. The van der Waals surface area contributed by atoms with Gasteiger partial charge in [-0.2, -0.15) is 0 Å². The molecular formula is C20H19ClFNO. The highest BCUT2D eigenvalue weighted by Gasteiger charge is 2.14. The van der Waals surface area contributed by atoms with Gasteiger partial charge in [0.25, 0.3) is 0 Å². The summed E-state index contributed by atoms with van der Waals surface area (Å²) in [7, 11) is 0. The lowest BCUT2D eigenvalue weighted by atomic mass is 9.88. The molecule has 1 N–H and O–H groups in total. The first-order valence-corrected chi connectivity index (χ1v) is 8.34. The molecule has 0 spiro atoms. The van der Waals surface area contributed by atoms with E-state index in [9.17, 15) is 4.39 Å². The molecule has 0 aliphatic carbocycles. The van der Waals surface area contributed by atoms with Gasteiger partial charge in [-0.3, -0.25) is 0 Å². The molecule has 3 rings (SSSR count). The Morgan fingerprint density at radius 2 is 1.62 bits per heavy atom. The van der Waals surface area contributed by atoms with Crippen molar-refractivity contribution in [1.29, 1.82) is 0 Å². The molecule has 2 nitrogen and oxygen atoms in total. The van der Waals surface area contributed by atoms with Gasteiger partial charge in [-0.1, -0.05) is 35.9 Å². The van der Waals surface area contributed by atoms with Gasteiger partial charge in [-0.15, -0.1) is 0 Å². The number of furan rings is 1. The van der Waals surface area contributed by atoms with Crippen molar-refractivity contribution in [1.82, 2.24) is 5.32 Å². The zero-order valence-corrected chi connectivity index (χ0v) is 14.0. The lowest BCUT2D eigenvalue weighted by Crippen LogP contribution is -2.17. The first-order valence-electron chi connectivity index (χ1n) is 7.96. The van der Waals surface area contributed by atoms with Gasteiger partial charge in [0.15, 0.2) is 0 Å². The largest absolute Gasteiger partial charge is 0.468 e. The van der Waals surface area contributed by atoms with Crippen molar-refractivity contribution in [2.45, 2.75) is 18.9 Å². The van der Waals surface area contributed by atoms with Crippen molar-refractivity contribution >= 4 is 11.6 Å². The maximum absolute atomic E-state index is 13.2. The van der Waals surface area contributed by atoms with Crippen LogP contribution in [0.2, 0.25) is 5.02 Å². The van der Waals surface area contributed by atoms with E-state index in [-0.39, 0.29) is 11.7 Å². The number of benzene rings is 2. The van der Waals surface area contributed by atoms with Gasteiger partial charge in [0.05, 0.1) is 12.8 Å². The van der Waals surface area contributed by atoms with Gasteiger partial charge in [0.2, 0.25) is 0 Å². The average molecular weight is 344 g/mol. The van der Waals surface area contributed by atoms with Crippen LogP contribution < -0.4 is 5.32 Å². The van der Waals surface area contributed by atoms with Crippen LogP contribution in [0.15, 0.2) is 71.3 Å². The van der Waals surface area contributed by atoms with E-state index in [0.717, 1.165) is 24.3 Å². The summed E-state index contributed by atoms with van der Waals surface area (Å²) in [6.45, 7) is 1.52. The van der Waals surface area contributed by atoms with Crippen LogP contribution in [0.1, 0.15) is 29.2 Å². The molecule has 1 unspecified atom stereocenters. The summed E-state index contributed by atoms with van der Waals surface area (Å²) in [5.74, 6) is 0.886. The van der Waals surface area contributed by atoms with Crippen LogP contribution in [-0.4, -0.2) is 6.54 Å². The molecule has 0 radical (unpaired) electrons. The first-order chi connectivity index (χ1) is 11.7. The van der Waals surface area contributed by atoms with Crippen molar-refractivity contribution < 1.29 is 8.81 Å². The molecule has 1 atom stereocenters. The molecule has 1 heterocycles. The van der Waals surface area contributed by atoms with E-state index in [0.29, 0.717) is 11.6 Å². The Bertz CT molecular complexity index is 693. The minimum absolute atomic E-state index is 0.187. The number of rotatable bonds is 7. The summed E-state index contributed by atoms with van der Waals surface area (Å²) >= 11 is 5.99. The van der Waals surface area contributed by atoms with Crippen LogP contribution in [0.25, 0.3) is 0 Å². The van der Waals surface area contributed by atoms with Crippen molar-refractivity contribution in [2.75, 3.05) is 6.54 Å². The number of hydrogen-bond acceptors (Lipinski definition) is 2. The average Bonchev–Trinajstić information content (AvgIpc) is 3.11. The molecule has 1 aromatic heterocycles. The van der Waals surface area contributed by atoms with Gasteiger partial charge < -0.3 is 9.73 Å². The molecule has 3 aromatic rings. The number of nitrogens with one attached hydrogen (secondary N) is 1. The number of hydrogen-bond donors (Lipinski definition) is 1. The molecule has 0 fully saturated rings. The summed E-state index contributed by atoms with van der Waals surface area (Å²) in [6, 6.07) is 18.4. The SMILES string of the molecule is Fc1ccc(C(CCNCc2ccco2)c2ccc(Cl)cc2)cc1. The van der Waals surface area contributed by atoms with Gasteiger partial charge >= 0.3 is 0 Å². The fourth-order valence-electron chi connectivity index (χ4n) is 2.79. The lowest BCUT2D eigenvalue weighted by Gasteiger charge is -2.18. The maximum Gasteiger partial charge on any atom is 0.123 e. The monoisotopic (exact) mass is 343 g/mol. The lowest BCUT2D eigenvalue weighted by molar-refractivity contribution is 0.478. The smallest absolute Gasteiger partial charge is 0.123 e. The standard InChI is InChI=1S/C20H19ClFNO/c21-17-7-3-15(4-8-17)20(16-5-9-18(22)10-6-16)11-12-23-14-19-2-1-13-24-19/h1-10,13,20,23H,11-12,14H2. The van der Waals surface area contributed by atoms with E-state index in [1.54, 1.807) is 6.26 Å². The van der Waals surface area contributed by atoms with Crippen LogP contribution in [0.4, 0.5) is 4.39 Å². The Morgan fingerprint density at radius 1 is 0.958 bits per heavy atom. The molecule has 24 heavy (non-hydrogen) atoms. The Morgan fingerprint density at radius 3 is 2.25 bits per heavy atom. The van der Waals surface area contributed by atoms with E-state index >= 15 is 0 Å². The van der Waals surface area contributed by atoms with E-state index in [2.05, 4.69) is 5.32 Å². The quantitative estimate of drug-likeness (QED) is 0.582. The van der Waals surface area contributed by atoms with Crippen LogP contribution in [0.3, 0.4) is 0 Å². The highest BCUT2D eigenvalue weighted by Crippen LogP contribution is 2.29. The van der Waals surface area contributed by atoms with E-state index in [4.69, 9.17) is 16.0 Å². The third kappa shape index (κ3) is 4.47. The highest BCUT2D eigenvalue weighted by molar-refractivity contribution is 6.30. The van der Waals surface area contributed by atoms with Crippen molar-refractivity contribution in [2.24, 2.45) is 0 Å². The Hall–Kier alpha value is -2.10. The van der Waals surface area contributed by atoms with Crippen molar-refractivity contribution in [3.63, 3.8) is 0 Å². The minimum Gasteiger partial charge on any atom is -0.468 e. The molecule has 0 bridgehead atoms. The van der Waals surface area contributed by atoms with Gasteiger partial charge in [-0.05, 0) is 60.5 Å². The zero-order valence-electron chi connectivity index (χ0n) is 13.2. The molecule has 0 amide bonds. The second-order valence-corrected chi connectivity index (χ2v) is 6.14. The van der Waals surface area contributed by atoms with Gasteiger partial charge in [0, 0.05) is 10.9 Å². The van der Waals surface area contributed by atoms with Crippen molar-refractivity contribution in [3.05, 3.63) is 94.7 Å². The van der Waals surface area contributed by atoms with Crippen molar-refractivity contribution in [3.8, 4) is 0 Å². The molecule has 0 saturated heterocycles. The Kier molecular flexibility index (Phi) is 5.68. The first kappa shape index (κ1) is 16.7. The normalized spacial score (nSPS) is 12.2. The molecule has 0 aliphatic rings. The summed E-state index contributed by atoms with van der Waals surface area (Å²) in [5.41, 5.74) is 2.27. The molecule has 0 saturated carbocycles. The van der Waals surface area contributed by atoms with Gasteiger partial charge in [0.1, 0.15) is 11.6 Å². The van der Waals surface area contributed by atoms with Crippen LogP contribution in [0, 0.1) is 5.82 Å². The summed E-state index contributed by atoms with van der Waals surface area (Å²) < 4.78 is 18.5. The van der Waals surface area contributed by atoms with E-state index in [1.165, 1.54) is 17.7 Å². The summed E-state index contributed by atoms with van der Waals surface area (Å²) in [4.78, 5) is 0. The van der Waals surface area contributed by atoms with Crippen LogP contribution in [0.5, 0.6) is 0 Å². The molecule has 2 aromatic carbocycles. The molecule has 4 heteroatoms. The van der Waals surface area contributed by atoms with Gasteiger partial charge in [-0.25, -0.2) is 4.39 Å². The Labute approximate surface area is 146 Å². The fourth-order valence-corrected chi connectivity index (χ4v) is 2.91. The summed E-state index contributed by atoms with van der Waals surface area (Å²) in [5, 5.41) is 4.10. The predicted molar refractivity (Wildman–Crippen MR) is 94.7 cm³/mol. The van der Waals surface area contributed by atoms with Crippen LogP contribution in [-0.2, 0) is 6.54 Å². The molecule has 0 aliphatic heterocycles. The zero-order chi connectivity index (χ0) is 16.8. The Balaban J connectivity index is 1.69. The van der Waals surface area contributed by atoms with E-state index < -0.39 is 0 Å². The molecular weight excluding hydrogens is 325 g/mol. The third-order valence-corrected chi connectivity index (χ3v) is 4.29. The second-order valence-electron chi connectivity index (χ2n) is 5.70. The third-order valence-electron chi connectivity index (χ3n) is 4.03. The number of halogens is 2. The predicted octanol–water partition coefficient (Wildman–Crippen LogP) is 5.38. The topological polar surface area (TPSA) is 25.2 Å². The molecule has 124 valence electrons.